The number of methoxy groups -OCH3 is 1. The Morgan fingerprint density at radius 2 is 1.93 bits per heavy atom. The number of nitriles is 1. The molecule has 9 nitrogen and oxygen atoms in total. The Morgan fingerprint density at radius 1 is 1.17 bits per heavy atom. The predicted octanol–water partition coefficient (Wildman–Crippen LogP) is 2.09. The first-order chi connectivity index (χ1) is 14.2. The van der Waals surface area contributed by atoms with Gasteiger partial charge in [-0.15, -0.1) is 10.2 Å². The molecule has 0 spiro atoms. The van der Waals surface area contributed by atoms with E-state index >= 15 is 0 Å². The molecule has 9 heteroatoms. The molecule has 0 amide bonds. The van der Waals surface area contributed by atoms with Crippen molar-refractivity contribution < 1.29 is 14.4 Å². The molecule has 1 N–H and O–H groups in total. The molecule has 0 radical (unpaired) electrons. The molecule has 0 aliphatic carbocycles. The van der Waals surface area contributed by atoms with Crippen LogP contribution in [0.25, 0.3) is 11.6 Å². The summed E-state index contributed by atoms with van der Waals surface area (Å²) in [6, 6.07) is 13.9. The van der Waals surface area contributed by atoms with E-state index < -0.39 is 5.41 Å². The molecular weight excluding hydrogens is 372 g/mol. The Morgan fingerprint density at radius 3 is 2.48 bits per heavy atom. The van der Waals surface area contributed by atoms with Crippen LogP contribution in [-0.4, -0.2) is 45.6 Å². The SMILES string of the molecule is COc1ccc(C2(C#N)CCN(c3ccc(-c4nc(CO)no4)nn3)CC2)cc1. The van der Waals surface area contributed by atoms with Crippen molar-refractivity contribution in [1.82, 2.24) is 20.3 Å². The smallest absolute Gasteiger partial charge is 0.278 e. The lowest BCUT2D eigenvalue weighted by atomic mass is 9.74. The van der Waals surface area contributed by atoms with Crippen LogP contribution in [0.2, 0.25) is 0 Å². The fraction of sp³-hybridized carbons (Fsp3) is 0.350. The molecule has 1 aliphatic heterocycles. The van der Waals surface area contributed by atoms with Gasteiger partial charge in [0.25, 0.3) is 5.89 Å². The molecule has 29 heavy (non-hydrogen) atoms. The molecule has 3 heterocycles. The summed E-state index contributed by atoms with van der Waals surface area (Å²) in [5.41, 5.74) is 0.946. The van der Waals surface area contributed by atoms with Crippen molar-refractivity contribution in [2.24, 2.45) is 0 Å². The predicted molar refractivity (Wildman–Crippen MR) is 103 cm³/mol. The van der Waals surface area contributed by atoms with Gasteiger partial charge in [-0.3, -0.25) is 0 Å². The number of hydrogen-bond acceptors (Lipinski definition) is 9. The van der Waals surface area contributed by atoms with Crippen molar-refractivity contribution in [1.29, 1.82) is 5.26 Å². The van der Waals surface area contributed by atoms with Crippen molar-refractivity contribution in [3.63, 3.8) is 0 Å². The van der Waals surface area contributed by atoms with Crippen molar-refractivity contribution in [2.45, 2.75) is 24.9 Å². The van der Waals surface area contributed by atoms with Crippen molar-refractivity contribution in [3.8, 4) is 23.4 Å². The van der Waals surface area contributed by atoms with Gasteiger partial charge in [0, 0.05) is 13.1 Å². The van der Waals surface area contributed by atoms with Crippen LogP contribution in [0.4, 0.5) is 5.82 Å². The highest BCUT2D eigenvalue weighted by molar-refractivity contribution is 5.50. The van der Waals surface area contributed by atoms with Crippen LogP contribution < -0.4 is 9.64 Å². The Kier molecular flexibility index (Phi) is 5.10. The van der Waals surface area contributed by atoms with Gasteiger partial charge < -0.3 is 19.3 Å². The van der Waals surface area contributed by atoms with Gasteiger partial charge in [-0.25, -0.2) is 0 Å². The largest absolute Gasteiger partial charge is 0.497 e. The van der Waals surface area contributed by atoms with Gasteiger partial charge in [-0.1, -0.05) is 17.3 Å². The van der Waals surface area contributed by atoms with Gasteiger partial charge in [-0.05, 0) is 42.7 Å². The number of benzene rings is 1. The molecule has 1 saturated heterocycles. The standard InChI is InChI=1S/C20H20N6O3/c1-28-15-4-2-14(3-5-15)20(13-21)8-10-26(11-9-20)18-7-6-16(23-24-18)19-22-17(12-27)25-29-19/h2-7,27H,8-12H2,1H3. The van der Waals surface area contributed by atoms with Crippen LogP contribution in [0.1, 0.15) is 24.2 Å². The summed E-state index contributed by atoms with van der Waals surface area (Å²) in [6.45, 7) is 1.10. The number of ether oxygens (including phenoxy) is 1. The summed E-state index contributed by atoms with van der Waals surface area (Å²) in [7, 11) is 1.63. The first kappa shape index (κ1) is 18.8. The molecule has 148 valence electrons. The number of rotatable bonds is 5. The molecule has 0 atom stereocenters. The second-order valence-corrected chi connectivity index (χ2v) is 6.86. The third-order valence-electron chi connectivity index (χ3n) is 5.28. The molecule has 0 bridgehead atoms. The van der Waals surface area contributed by atoms with E-state index in [1.165, 1.54) is 0 Å². The third-order valence-corrected chi connectivity index (χ3v) is 5.28. The average molecular weight is 392 g/mol. The molecule has 2 aromatic heterocycles. The van der Waals surface area contributed by atoms with Crippen molar-refractivity contribution >= 4 is 5.82 Å². The molecule has 3 aromatic rings. The van der Waals surface area contributed by atoms with Gasteiger partial charge in [0.05, 0.1) is 18.6 Å². The summed E-state index contributed by atoms with van der Waals surface area (Å²) in [5, 5.41) is 31.0. The van der Waals surface area contributed by atoms with E-state index in [1.54, 1.807) is 13.2 Å². The highest BCUT2D eigenvalue weighted by atomic mass is 16.5. The van der Waals surface area contributed by atoms with Crippen LogP contribution >= 0.6 is 0 Å². The molecule has 0 unspecified atom stereocenters. The second-order valence-electron chi connectivity index (χ2n) is 6.86. The number of piperidine rings is 1. The number of aliphatic hydroxyl groups is 1. The Labute approximate surface area is 167 Å². The van der Waals surface area contributed by atoms with Crippen molar-refractivity contribution in [2.75, 3.05) is 25.1 Å². The van der Waals surface area contributed by atoms with Crippen LogP contribution in [0.15, 0.2) is 40.9 Å². The number of aliphatic hydroxyl groups excluding tert-OH is 1. The average Bonchev–Trinajstić information content (AvgIpc) is 3.29. The van der Waals surface area contributed by atoms with E-state index in [9.17, 15) is 5.26 Å². The molecule has 0 saturated carbocycles. The number of anilines is 1. The summed E-state index contributed by atoms with van der Waals surface area (Å²) in [4.78, 5) is 6.14. The fourth-order valence-corrected chi connectivity index (χ4v) is 3.52. The van der Waals surface area contributed by atoms with Crippen molar-refractivity contribution in [3.05, 3.63) is 47.8 Å². The highest BCUT2D eigenvalue weighted by Gasteiger charge is 2.37. The van der Waals surface area contributed by atoms with Crippen LogP contribution in [0, 0.1) is 11.3 Å². The normalized spacial score (nSPS) is 15.7. The van der Waals surface area contributed by atoms with Gasteiger partial charge >= 0.3 is 0 Å². The first-order valence-electron chi connectivity index (χ1n) is 9.26. The van der Waals surface area contributed by atoms with Crippen LogP contribution in [-0.2, 0) is 12.0 Å². The Balaban J connectivity index is 1.46. The van der Waals surface area contributed by atoms with E-state index in [0.29, 0.717) is 31.6 Å². The maximum atomic E-state index is 9.89. The number of aromatic nitrogens is 4. The lowest BCUT2D eigenvalue weighted by Gasteiger charge is -2.38. The Bertz CT molecular complexity index is 1000. The lowest BCUT2D eigenvalue weighted by Crippen LogP contribution is -2.42. The quantitative estimate of drug-likeness (QED) is 0.695. The van der Waals surface area contributed by atoms with Gasteiger partial charge in [0.15, 0.2) is 17.3 Å². The van der Waals surface area contributed by atoms with Crippen LogP contribution in [0.5, 0.6) is 5.75 Å². The van der Waals surface area contributed by atoms with Gasteiger partial charge in [-0.2, -0.15) is 10.2 Å². The first-order valence-corrected chi connectivity index (χ1v) is 9.26. The Hall–Kier alpha value is -3.51. The summed E-state index contributed by atoms with van der Waals surface area (Å²) in [5.74, 6) is 1.93. The summed E-state index contributed by atoms with van der Waals surface area (Å²) < 4.78 is 10.3. The topological polar surface area (TPSA) is 121 Å². The van der Waals surface area contributed by atoms with E-state index in [4.69, 9.17) is 14.4 Å². The maximum absolute atomic E-state index is 9.89. The van der Waals surface area contributed by atoms with E-state index in [2.05, 4.69) is 31.3 Å². The summed E-state index contributed by atoms with van der Waals surface area (Å²) >= 11 is 0. The van der Waals surface area contributed by atoms with Gasteiger partial charge in [0.2, 0.25) is 0 Å². The molecule has 1 fully saturated rings. The van der Waals surface area contributed by atoms with Gasteiger partial charge in [0.1, 0.15) is 12.4 Å². The monoisotopic (exact) mass is 392 g/mol. The minimum absolute atomic E-state index is 0.202. The zero-order chi connectivity index (χ0) is 20.3. The number of nitrogens with zero attached hydrogens (tertiary/aromatic N) is 6. The zero-order valence-electron chi connectivity index (χ0n) is 15.9. The van der Waals surface area contributed by atoms with E-state index in [0.717, 1.165) is 17.1 Å². The van der Waals surface area contributed by atoms with E-state index in [1.807, 2.05) is 30.3 Å². The summed E-state index contributed by atoms with van der Waals surface area (Å²) in [6.07, 6.45) is 1.39. The molecule has 1 aliphatic rings. The minimum Gasteiger partial charge on any atom is -0.497 e. The van der Waals surface area contributed by atoms with Crippen LogP contribution in [0.3, 0.4) is 0 Å². The third kappa shape index (κ3) is 3.62. The number of hydrogen-bond donors (Lipinski definition) is 1. The minimum atomic E-state index is -0.513. The fourth-order valence-electron chi connectivity index (χ4n) is 3.52. The zero-order valence-corrected chi connectivity index (χ0v) is 15.9. The maximum Gasteiger partial charge on any atom is 0.278 e. The van der Waals surface area contributed by atoms with E-state index in [-0.39, 0.29) is 18.3 Å². The molecule has 1 aromatic carbocycles. The highest BCUT2D eigenvalue weighted by Crippen LogP contribution is 2.36. The molecule has 4 rings (SSSR count). The molecular formula is C20H20N6O3. The lowest BCUT2D eigenvalue weighted by molar-refractivity contribution is 0.264. The second kappa shape index (κ2) is 7.85.